The summed E-state index contributed by atoms with van der Waals surface area (Å²) in [7, 11) is 0. The molecule has 0 saturated carbocycles. The summed E-state index contributed by atoms with van der Waals surface area (Å²) in [6.07, 6.45) is 0. The Labute approximate surface area is 48.8 Å². The first kappa shape index (κ1) is 7.45. The standard InChI is InChI=1S/C2H5O2.2CH3.Al/c3-1-2-4;;;/h3H,1-2H2;2*1H3;/q-1;;;+1. The smallest absolute Gasteiger partial charge is 0.454 e. The minimum atomic E-state index is -0.848. The fourth-order valence-electron chi connectivity index (χ4n) is 0.288. The molecule has 7 heavy (non-hydrogen) atoms. The van der Waals surface area contributed by atoms with Crippen LogP contribution in [0.25, 0.3) is 0 Å². The van der Waals surface area contributed by atoms with Crippen LogP contribution in [0.5, 0.6) is 0 Å². The summed E-state index contributed by atoms with van der Waals surface area (Å²) < 4.78 is 5.08. The molecular formula is C4H11AlO2. The van der Waals surface area contributed by atoms with Gasteiger partial charge in [0.2, 0.25) is 0 Å². The first-order chi connectivity index (χ1) is 3.27. The van der Waals surface area contributed by atoms with Crippen LogP contribution in [0.1, 0.15) is 0 Å². The third kappa shape index (κ3) is 6.45. The fraction of sp³-hybridized carbons (Fsp3) is 1.00. The zero-order valence-corrected chi connectivity index (χ0v) is 6.00. The van der Waals surface area contributed by atoms with E-state index in [-0.39, 0.29) is 6.61 Å². The van der Waals surface area contributed by atoms with E-state index in [1.807, 2.05) is 0 Å². The predicted molar refractivity (Wildman–Crippen MR) is 30.5 cm³/mol. The molecule has 0 aliphatic heterocycles. The van der Waals surface area contributed by atoms with E-state index < -0.39 is 14.5 Å². The quantitative estimate of drug-likeness (QED) is 0.538. The van der Waals surface area contributed by atoms with Crippen LogP contribution in [0.3, 0.4) is 0 Å². The van der Waals surface area contributed by atoms with Crippen LogP contribution in [0, 0.1) is 0 Å². The van der Waals surface area contributed by atoms with Crippen LogP contribution in [0.15, 0.2) is 0 Å². The van der Waals surface area contributed by atoms with Gasteiger partial charge in [-0.25, -0.2) is 0 Å². The van der Waals surface area contributed by atoms with Crippen molar-refractivity contribution >= 4 is 14.5 Å². The van der Waals surface area contributed by atoms with Crippen LogP contribution < -0.4 is 0 Å². The minimum absolute atomic E-state index is 0.158. The van der Waals surface area contributed by atoms with Crippen molar-refractivity contribution in [2.45, 2.75) is 11.6 Å². The average Bonchev–Trinajstić information content (AvgIpc) is 1.61. The van der Waals surface area contributed by atoms with Crippen molar-refractivity contribution in [2.24, 2.45) is 0 Å². The molecule has 0 amide bonds. The maximum absolute atomic E-state index is 8.21. The van der Waals surface area contributed by atoms with E-state index in [2.05, 4.69) is 11.6 Å². The van der Waals surface area contributed by atoms with Crippen molar-refractivity contribution in [1.82, 2.24) is 0 Å². The molecule has 0 aromatic rings. The topological polar surface area (TPSA) is 29.5 Å². The van der Waals surface area contributed by atoms with E-state index in [0.717, 1.165) is 0 Å². The molecule has 3 heteroatoms. The van der Waals surface area contributed by atoms with Crippen molar-refractivity contribution in [1.29, 1.82) is 0 Å². The maximum atomic E-state index is 8.21. The van der Waals surface area contributed by atoms with Gasteiger partial charge in [0, 0.05) is 6.61 Å². The predicted octanol–water partition coefficient (Wildman–Crippen LogP) is 0.246. The minimum Gasteiger partial charge on any atom is -0.499 e. The average molecular weight is 118 g/mol. The Balaban J connectivity index is 2.68. The number of hydrogen-bond acceptors (Lipinski definition) is 2. The van der Waals surface area contributed by atoms with Crippen LogP contribution in [0.2, 0.25) is 11.6 Å². The first-order valence-electron chi connectivity index (χ1n) is 2.50. The number of aliphatic hydroxyl groups is 1. The molecule has 0 atom stereocenters. The lowest BCUT2D eigenvalue weighted by Crippen LogP contribution is -2.10. The van der Waals surface area contributed by atoms with E-state index in [1.165, 1.54) is 0 Å². The van der Waals surface area contributed by atoms with Gasteiger partial charge in [0.1, 0.15) is 0 Å². The van der Waals surface area contributed by atoms with E-state index in [1.54, 1.807) is 0 Å². The Morgan fingerprint density at radius 1 is 1.57 bits per heavy atom. The maximum Gasteiger partial charge on any atom is 0.454 e. The molecule has 0 aliphatic carbocycles. The van der Waals surface area contributed by atoms with Crippen molar-refractivity contribution in [2.75, 3.05) is 13.2 Å². The van der Waals surface area contributed by atoms with Gasteiger partial charge < -0.3 is 8.90 Å². The van der Waals surface area contributed by atoms with Gasteiger partial charge in [-0.3, -0.25) is 0 Å². The molecule has 42 valence electrons. The van der Waals surface area contributed by atoms with Crippen molar-refractivity contribution in [3.8, 4) is 0 Å². The fourth-order valence-corrected chi connectivity index (χ4v) is 0.865. The molecule has 0 unspecified atom stereocenters. The monoisotopic (exact) mass is 118 g/mol. The van der Waals surface area contributed by atoms with Crippen molar-refractivity contribution in [3.05, 3.63) is 0 Å². The van der Waals surface area contributed by atoms with E-state index >= 15 is 0 Å². The second kappa shape index (κ2) is 4.61. The van der Waals surface area contributed by atoms with Gasteiger partial charge in [-0.2, -0.15) is 0 Å². The molecule has 0 aliphatic rings. The first-order valence-corrected chi connectivity index (χ1v) is 5.28. The summed E-state index contributed by atoms with van der Waals surface area (Å²) in [6, 6.07) is 0. The summed E-state index contributed by atoms with van der Waals surface area (Å²) in [4.78, 5) is 0. The third-order valence-electron chi connectivity index (χ3n) is 0.542. The van der Waals surface area contributed by atoms with Crippen LogP contribution in [-0.4, -0.2) is 32.8 Å². The zero-order valence-electron chi connectivity index (χ0n) is 4.85. The van der Waals surface area contributed by atoms with Gasteiger partial charge in [0.25, 0.3) is 0 Å². The third-order valence-corrected chi connectivity index (χ3v) is 1.44. The summed E-state index contributed by atoms with van der Waals surface area (Å²) in [5.41, 5.74) is 0. The van der Waals surface area contributed by atoms with Crippen LogP contribution in [0.4, 0.5) is 0 Å². The highest BCUT2D eigenvalue weighted by Crippen LogP contribution is 1.79. The summed E-state index contributed by atoms with van der Waals surface area (Å²) in [6.45, 7) is 0.676. The number of rotatable bonds is 3. The molecule has 0 rings (SSSR count). The second-order valence-corrected chi connectivity index (χ2v) is 4.07. The summed E-state index contributed by atoms with van der Waals surface area (Å²) in [5, 5.41) is 8.21. The molecule has 0 heterocycles. The van der Waals surface area contributed by atoms with Crippen LogP contribution in [-0.2, 0) is 3.79 Å². The molecule has 0 spiro atoms. The van der Waals surface area contributed by atoms with Crippen molar-refractivity contribution < 1.29 is 8.90 Å². The van der Waals surface area contributed by atoms with Gasteiger partial charge in [0.05, 0.1) is 6.61 Å². The largest absolute Gasteiger partial charge is 0.499 e. The Kier molecular flexibility index (Phi) is 4.91. The molecule has 0 saturated heterocycles. The Bertz CT molecular complexity index is 38.7. The van der Waals surface area contributed by atoms with Gasteiger partial charge in [-0.15, -0.1) is 0 Å². The summed E-state index contributed by atoms with van der Waals surface area (Å²) >= 11 is -0.848. The SMILES string of the molecule is [CH3][Al]([CH3])[O]CCO. The molecule has 0 aromatic carbocycles. The number of aliphatic hydroxyl groups excluding tert-OH is 1. The normalized spacial score (nSPS) is 9.00. The van der Waals surface area contributed by atoms with Crippen LogP contribution >= 0.6 is 0 Å². The highest BCUT2D eigenvalue weighted by molar-refractivity contribution is 6.48. The van der Waals surface area contributed by atoms with Gasteiger partial charge >= 0.3 is 14.5 Å². The lowest BCUT2D eigenvalue weighted by Gasteiger charge is -1.98. The molecule has 0 aromatic heterocycles. The van der Waals surface area contributed by atoms with E-state index in [4.69, 9.17) is 8.90 Å². The second-order valence-electron chi connectivity index (χ2n) is 1.64. The Hall–Kier alpha value is 0.452. The van der Waals surface area contributed by atoms with Gasteiger partial charge in [0.15, 0.2) is 0 Å². The molecule has 1 N–H and O–H groups in total. The Morgan fingerprint density at radius 2 is 2.14 bits per heavy atom. The Morgan fingerprint density at radius 3 is 2.29 bits per heavy atom. The lowest BCUT2D eigenvalue weighted by molar-refractivity contribution is 0.203. The lowest BCUT2D eigenvalue weighted by atomic mass is 10.8. The summed E-state index contributed by atoms with van der Waals surface area (Å²) in [5.74, 6) is 4.16. The van der Waals surface area contributed by atoms with Gasteiger partial charge in [-0.1, -0.05) is 11.6 Å². The molecule has 0 bridgehead atoms. The molecule has 2 nitrogen and oxygen atoms in total. The molecular weight excluding hydrogens is 107 g/mol. The van der Waals surface area contributed by atoms with E-state index in [9.17, 15) is 0 Å². The highest BCUT2D eigenvalue weighted by atomic mass is 27.2. The van der Waals surface area contributed by atoms with Gasteiger partial charge in [-0.05, 0) is 0 Å². The van der Waals surface area contributed by atoms with Crippen molar-refractivity contribution in [3.63, 3.8) is 0 Å². The molecule has 0 radical (unpaired) electrons. The molecule has 0 fully saturated rings. The highest BCUT2D eigenvalue weighted by Gasteiger charge is 2.00. The zero-order chi connectivity index (χ0) is 5.70. The van der Waals surface area contributed by atoms with E-state index in [0.29, 0.717) is 6.61 Å². The number of hydrogen-bond donors (Lipinski definition) is 1.